The minimum atomic E-state index is -0.699. The fraction of sp³-hybridized carbons (Fsp3) is 0.500. The molecule has 0 fully saturated rings. The molecule has 0 aromatic heterocycles. The molecule has 3 N–H and O–H groups in total. The number of nitrogens with zero attached hydrogens (tertiary/aromatic N) is 1. The Kier molecular flexibility index (Phi) is 5.78. The lowest BCUT2D eigenvalue weighted by Crippen LogP contribution is -2.21. The van der Waals surface area contributed by atoms with Gasteiger partial charge in [0.15, 0.2) is 0 Å². The molecule has 0 saturated carbocycles. The van der Waals surface area contributed by atoms with Gasteiger partial charge in [0.05, 0.1) is 10.6 Å². The molecule has 0 unspecified atom stereocenters. The van der Waals surface area contributed by atoms with Crippen LogP contribution in [-0.4, -0.2) is 17.4 Å². The maximum Gasteiger partial charge on any atom is 0.271 e. The van der Waals surface area contributed by atoms with E-state index in [4.69, 9.17) is 5.73 Å². The lowest BCUT2D eigenvalue weighted by molar-refractivity contribution is -0.384. The van der Waals surface area contributed by atoms with Crippen molar-refractivity contribution in [3.63, 3.8) is 0 Å². The monoisotopic (exact) mass is 297 g/mol. The number of nitro benzene ring substituents is 1. The summed E-state index contributed by atoms with van der Waals surface area (Å²) < 4.78 is 13.5. The highest BCUT2D eigenvalue weighted by Crippen LogP contribution is 2.27. The first kappa shape index (κ1) is 17.0. The molecule has 0 aliphatic rings. The van der Waals surface area contributed by atoms with Crippen molar-refractivity contribution in [2.75, 3.05) is 11.9 Å². The van der Waals surface area contributed by atoms with E-state index in [1.807, 2.05) is 13.8 Å². The van der Waals surface area contributed by atoms with E-state index >= 15 is 0 Å². The number of hydrogen-bond acceptors (Lipinski definition) is 4. The largest absolute Gasteiger partial charge is 0.330 e. The average Bonchev–Trinajstić information content (AvgIpc) is 2.39. The summed E-state index contributed by atoms with van der Waals surface area (Å²) in [5, 5.41) is 13.0. The number of amides is 1. The van der Waals surface area contributed by atoms with Gasteiger partial charge in [-0.3, -0.25) is 14.9 Å². The molecule has 0 atom stereocenters. The van der Waals surface area contributed by atoms with Crippen molar-refractivity contribution in [3.8, 4) is 0 Å². The van der Waals surface area contributed by atoms with Gasteiger partial charge in [-0.2, -0.15) is 0 Å². The van der Waals surface area contributed by atoms with Crippen molar-refractivity contribution in [1.29, 1.82) is 0 Å². The smallest absolute Gasteiger partial charge is 0.271 e. The molecule has 116 valence electrons. The molecule has 1 rings (SSSR count). The number of rotatable bonds is 7. The SMILES string of the molecule is CC(C)(CCN)CCC(=O)Nc1cc([N+](=O)[O-])ccc1F. The second-order valence-corrected chi connectivity index (χ2v) is 5.67. The van der Waals surface area contributed by atoms with Crippen molar-refractivity contribution < 1.29 is 14.1 Å². The minimum absolute atomic E-state index is 0.0761. The topological polar surface area (TPSA) is 98.3 Å². The highest BCUT2D eigenvalue weighted by atomic mass is 19.1. The Morgan fingerprint density at radius 3 is 2.67 bits per heavy atom. The number of halogens is 1. The van der Waals surface area contributed by atoms with E-state index in [2.05, 4.69) is 5.32 Å². The molecule has 1 amide bonds. The van der Waals surface area contributed by atoms with Crippen LogP contribution in [0.15, 0.2) is 18.2 Å². The first-order valence-corrected chi connectivity index (χ1v) is 6.69. The van der Waals surface area contributed by atoms with Gasteiger partial charge < -0.3 is 11.1 Å². The Bertz CT molecular complexity index is 532. The molecule has 0 heterocycles. The summed E-state index contributed by atoms with van der Waals surface area (Å²) in [5.41, 5.74) is 4.98. The van der Waals surface area contributed by atoms with E-state index < -0.39 is 10.7 Å². The van der Waals surface area contributed by atoms with Crippen molar-refractivity contribution in [2.24, 2.45) is 11.1 Å². The van der Waals surface area contributed by atoms with Crippen LogP contribution in [0.1, 0.15) is 33.1 Å². The molecule has 0 aliphatic carbocycles. The zero-order valence-electron chi connectivity index (χ0n) is 12.2. The van der Waals surface area contributed by atoms with E-state index in [1.54, 1.807) is 0 Å². The third-order valence-corrected chi connectivity index (χ3v) is 3.28. The van der Waals surface area contributed by atoms with Gasteiger partial charge in [0.2, 0.25) is 5.91 Å². The number of nitrogens with one attached hydrogen (secondary N) is 1. The summed E-state index contributed by atoms with van der Waals surface area (Å²) in [6.45, 7) is 4.54. The fourth-order valence-electron chi connectivity index (χ4n) is 1.90. The van der Waals surface area contributed by atoms with Crippen molar-refractivity contribution in [2.45, 2.75) is 33.1 Å². The number of carbonyl (C=O) groups is 1. The maximum absolute atomic E-state index is 13.5. The Morgan fingerprint density at radius 2 is 2.10 bits per heavy atom. The van der Waals surface area contributed by atoms with Gasteiger partial charge in [-0.05, 0) is 30.9 Å². The molecule has 0 aliphatic heterocycles. The van der Waals surface area contributed by atoms with Crippen LogP contribution in [0.5, 0.6) is 0 Å². The third kappa shape index (κ3) is 5.47. The van der Waals surface area contributed by atoms with Gasteiger partial charge in [0.1, 0.15) is 5.82 Å². The molecular weight excluding hydrogens is 277 g/mol. The number of non-ortho nitro benzene ring substituents is 1. The Hall–Kier alpha value is -2.02. The summed E-state index contributed by atoms with van der Waals surface area (Å²) in [4.78, 5) is 21.8. The first-order valence-electron chi connectivity index (χ1n) is 6.69. The second kappa shape index (κ2) is 7.12. The van der Waals surface area contributed by atoms with Crippen LogP contribution >= 0.6 is 0 Å². The normalized spacial score (nSPS) is 11.2. The highest BCUT2D eigenvalue weighted by molar-refractivity contribution is 5.91. The second-order valence-electron chi connectivity index (χ2n) is 5.67. The summed E-state index contributed by atoms with van der Waals surface area (Å²) in [5.74, 6) is -1.07. The van der Waals surface area contributed by atoms with Gasteiger partial charge in [-0.15, -0.1) is 0 Å². The van der Waals surface area contributed by atoms with Gasteiger partial charge in [0, 0.05) is 18.6 Å². The van der Waals surface area contributed by atoms with Crippen molar-refractivity contribution in [1.82, 2.24) is 0 Å². The molecule has 0 bridgehead atoms. The van der Waals surface area contributed by atoms with E-state index in [9.17, 15) is 19.3 Å². The van der Waals surface area contributed by atoms with Crippen molar-refractivity contribution >= 4 is 17.3 Å². The van der Waals surface area contributed by atoms with Crippen LogP contribution < -0.4 is 11.1 Å². The molecule has 7 heteroatoms. The molecule has 0 radical (unpaired) electrons. The molecule has 21 heavy (non-hydrogen) atoms. The molecular formula is C14H20FN3O3. The minimum Gasteiger partial charge on any atom is -0.330 e. The zero-order chi connectivity index (χ0) is 16.0. The van der Waals surface area contributed by atoms with E-state index in [0.29, 0.717) is 13.0 Å². The molecule has 0 saturated heterocycles. The van der Waals surface area contributed by atoms with Crippen LogP contribution in [0.2, 0.25) is 0 Å². The summed E-state index contributed by atoms with van der Waals surface area (Å²) in [6, 6.07) is 3.03. The fourth-order valence-corrected chi connectivity index (χ4v) is 1.90. The predicted octanol–water partition coefficient (Wildman–Crippen LogP) is 2.83. The molecule has 0 spiro atoms. The van der Waals surface area contributed by atoms with Crippen LogP contribution in [0.4, 0.5) is 15.8 Å². The molecule has 1 aromatic carbocycles. The number of benzene rings is 1. The Morgan fingerprint density at radius 1 is 1.43 bits per heavy atom. The lowest BCUT2D eigenvalue weighted by atomic mass is 9.84. The number of hydrogen-bond donors (Lipinski definition) is 2. The van der Waals surface area contributed by atoms with E-state index in [1.165, 1.54) is 0 Å². The van der Waals surface area contributed by atoms with E-state index in [0.717, 1.165) is 24.6 Å². The summed E-state index contributed by atoms with van der Waals surface area (Å²) in [7, 11) is 0. The number of nitro groups is 1. The van der Waals surface area contributed by atoms with Crippen LogP contribution in [0.3, 0.4) is 0 Å². The number of carbonyl (C=O) groups excluding carboxylic acids is 1. The maximum atomic E-state index is 13.5. The van der Waals surface area contributed by atoms with Gasteiger partial charge >= 0.3 is 0 Å². The summed E-state index contributed by atoms with van der Waals surface area (Å²) >= 11 is 0. The van der Waals surface area contributed by atoms with Crippen LogP contribution in [-0.2, 0) is 4.79 Å². The standard InChI is InChI=1S/C14H20FN3O3/c1-14(2,7-8-16)6-5-13(19)17-12-9-10(18(20)21)3-4-11(12)15/h3-4,9H,5-8,16H2,1-2H3,(H,17,19). The first-order chi connectivity index (χ1) is 9.75. The zero-order valence-corrected chi connectivity index (χ0v) is 12.2. The Balaban J connectivity index is 2.67. The summed E-state index contributed by atoms with van der Waals surface area (Å²) in [6.07, 6.45) is 1.59. The van der Waals surface area contributed by atoms with E-state index in [-0.39, 0.29) is 29.1 Å². The Labute approximate surface area is 122 Å². The van der Waals surface area contributed by atoms with Crippen LogP contribution in [0.25, 0.3) is 0 Å². The highest BCUT2D eigenvalue weighted by Gasteiger charge is 2.19. The van der Waals surface area contributed by atoms with Crippen LogP contribution in [0, 0.1) is 21.3 Å². The predicted molar refractivity (Wildman–Crippen MR) is 78.4 cm³/mol. The quantitative estimate of drug-likeness (QED) is 0.597. The lowest BCUT2D eigenvalue weighted by Gasteiger charge is -2.23. The van der Waals surface area contributed by atoms with Gasteiger partial charge in [-0.1, -0.05) is 13.8 Å². The molecule has 1 aromatic rings. The van der Waals surface area contributed by atoms with Crippen molar-refractivity contribution in [3.05, 3.63) is 34.1 Å². The number of anilines is 1. The van der Waals surface area contributed by atoms with Gasteiger partial charge in [0.25, 0.3) is 5.69 Å². The molecule has 6 nitrogen and oxygen atoms in total. The third-order valence-electron chi connectivity index (χ3n) is 3.28. The average molecular weight is 297 g/mol. The number of nitrogens with two attached hydrogens (primary N) is 1. The van der Waals surface area contributed by atoms with Gasteiger partial charge in [-0.25, -0.2) is 4.39 Å².